The molecular formula is C7H15O2. The van der Waals surface area contributed by atoms with E-state index in [0.29, 0.717) is 6.61 Å². The van der Waals surface area contributed by atoms with Crippen molar-refractivity contribution in [3.63, 3.8) is 0 Å². The molecule has 55 valence electrons. The third-order valence-corrected chi connectivity index (χ3v) is 1.20. The van der Waals surface area contributed by atoms with Crippen molar-refractivity contribution in [2.24, 2.45) is 0 Å². The lowest BCUT2D eigenvalue weighted by Crippen LogP contribution is -1.88. The van der Waals surface area contributed by atoms with Crippen LogP contribution in [0.2, 0.25) is 0 Å². The molecule has 0 saturated carbocycles. The van der Waals surface area contributed by atoms with E-state index in [1.165, 1.54) is 0 Å². The van der Waals surface area contributed by atoms with E-state index in [2.05, 4.69) is 11.8 Å². The minimum atomic E-state index is 0.311. The predicted octanol–water partition coefficient (Wildman–Crippen LogP) is 1.35. The maximum absolute atomic E-state index is 8.38. The summed E-state index contributed by atoms with van der Waals surface area (Å²) in [5, 5.41) is 8.38. The Morgan fingerprint density at radius 1 is 1.11 bits per heavy atom. The van der Waals surface area contributed by atoms with Crippen LogP contribution in [0.5, 0.6) is 0 Å². The van der Waals surface area contributed by atoms with E-state index < -0.39 is 0 Å². The van der Waals surface area contributed by atoms with E-state index in [1.807, 2.05) is 0 Å². The molecule has 0 saturated heterocycles. The summed E-state index contributed by atoms with van der Waals surface area (Å²) in [5.41, 5.74) is 0. The average Bonchev–Trinajstić information content (AvgIpc) is 1.89. The highest BCUT2D eigenvalue weighted by molar-refractivity contribution is 4.40. The number of rotatable bonds is 6. The molecule has 0 atom stereocenters. The van der Waals surface area contributed by atoms with Gasteiger partial charge < -0.3 is 9.84 Å². The summed E-state index contributed by atoms with van der Waals surface area (Å²) in [6.45, 7) is 1.05. The fourth-order valence-corrected chi connectivity index (χ4v) is 0.669. The van der Waals surface area contributed by atoms with E-state index in [9.17, 15) is 0 Å². The van der Waals surface area contributed by atoms with Crippen molar-refractivity contribution in [3.05, 3.63) is 7.11 Å². The summed E-state index contributed by atoms with van der Waals surface area (Å²) in [4.78, 5) is 0. The minimum absolute atomic E-state index is 0.311. The molecule has 0 bridgehead atoms. The molecule has 0 aromatic heterocycles. The average molecular weight is 131 g/mol. The van der Waals surface area contributed by atoms with Crippen LogP contribution in [0, 0.1) is 7.11 Å². The second-order valence-corrected chi connectivity index (χ2v) is 2.05. The largest absolute Gasteiger partial charge is 0.396 e. The van der Waals surface area contributed by atoms with Gasteiger partial charge in [0, 0.05) is 13.2 Å². The zero-order chi connectivity index (χ0) is 6.95. The Bertz CT molecular complexity index is 40.2. The first-order valence-corrected chi connectivity index (χ1v) is 3.39. The second-order valence-electron chi connectivity index (χ2n) is 2.05. The van der Waals surface area contributed by atoms with Gasteiger partial charge in [0.1, 0.15) is 0 Å². The first-order valence-electron chi connectivity index (χ1n) is 3.39. The van der Waals surface area contributed by atoms with Crippen molar-refractivity contribution in [1.82, 2.24) is 0 Å². The molecule has 0 heterocycles. The Morgan fingerprint density at radius 3 is 2.33 bits per heavy atom. The summed E-state index contributed by atoms with van der Waals surface area (Å²) in [6.07, 6.45) is 4.20. The van der Waals surface area contributed by atoms with Gasteiger partial charge in [-0.1, -0.05) is 12.8 Å². The summed E-state index contributed by atoms with van der Waals surface area (Å²) in [7, 11) is 3.25. The smallest absolute Gasteiger partial charge is 0.0700 e. The molecule has 0 unspecified atom stereocenters. The number of hydrogen-bond acceptors (Lipinski definition) is 2. The van der Waals surface area contributed by atoms with E-state index in [1.54, 1.807) is 0 Å². The molecule has 1 N–H and O–H groups in total. The zero-order valence-corrected chi connectivity index (χ0v) is 5.81. The lowest BCUT2D eigenvalue weighted by Gasteiger charge is -1.96. The van der Waals surface area contributed by atoms with Crippen LogP contribution < -0.4 is 0 Å². The van der Waals surface area contributed by atoms with Gasteiger partial charge in [-0.05, 0) is 12.8 Å². The number of ether oxygens (including phenoxy) is 1. The van der Waals surface area contributed by atoms with E-state index in [4.69, 9.17) is 5.11 Å². The van der Waals surface area contributed by atoms with Crippen molar-refractivity contribution in [2.75, 3.05) is 13.2 Å². The van der Waals surface area contributed by atoms with Gasteiger partial charge >= 0.3 is 0 Å². The summed E-state index contributed by atoms with van der Waals surface area (Å²) in [5.74, 6) is 0. The first kappa shape index (κ1) is 8.92. The lowest BCUT2D eigenvalue weighted by molar-refractivity contribution is 0.229. The molecule has 0 spiro atoms. The molecule has 0 aliphatic heterocycles. The Labute approximate surface area is 56.8 Å². The monoisotopic (exact) mass is 131 g/mol. The fraction of sp³-hybridized carbons (Fsp3) is 0.857. The van der Waals surface area contributed by atoms with Gasteiger partial charge in [-0.15, -0.1) is 0 Å². The first-order chi connectivity index (χ1) is 4.41. The van der Waals surface area contributed by atoms with Gasteiger partial charge in [0.05, 0.1) is 7.11 Å². The van der Waals surface area contributed by atoms with Crippen LogP contribution in [-0.4, -0.2) is 18.3 Å². The van der Waals surface area contributed by atoms with Crippen LogP contribution in [0.15, 0.2) is 0 Å². The van der Waals surface area contributed by atoms with Gasteiger partial charge in [0.15, 0.2) is 0 Å². The van der Waals surface area contributed by atoms with Crippen molar-refractivity contribution in [1.29, 1.82) is 0 Å². The van der Waals surface area contributed by atoms with E-state index in [-0.39, 0.29) is 0 Å². The Kier molecular flexibility index (Phi) is 7.85. The molecule has 0 fully saturated rings. The number of hydrogen-bond donors (Lipinski definition) is 1. The van der Waals surface area contributed by atoms with Gasteiger partial charge in [-0.3, -0.25) is 0 Å². The third kappa shape index (κ3) is 7.92. The molecule has 0 amide bonds. The zero-order valence-electron chi connectivity index (χ0n) is 5.81. The van der Waals surface area contributed by atoms with Crippen LogP contribution in [0.25, 0.3) is 0 Å². The van der Waals surface area contributed by atoms with Crippen molar-refractivity contribution < 1.29 is 9.84 Å². The highest BCUT2D eigenvalue weighted by Crippen LogP contribution is 1.98. The maximum atomic E-state index is 8.38. The Hall–Kier alpha value is -0.0800. The topological polar surface area (TPSA) is 29.5 Å². The molecule has 1 radical (unpaired) electrons. The normalized spacial score (nSPS) is 10.0. The number of unbranched alkanes of at least 4 members (excludes halogenated alkanes) is 3. The molecule has 0 rings (SSSR count). The van der Waals surface area contributed by atoms with Gasteiger partial charge in [0.2, 0.25) is 0 Å². The molecule has 9 heavy (non-hydrogen) atoms. The molecule has 2 heteroatoms. The van der Waals surface area contributed by atoms with Gasteiger partial charge in [-0.2, -0.15) is 0 Å². The third-order valence-electron chi connectivity index (χ3n) is 1.20. The molecule has 0 aromatic rings. The minimum Gasteiger partial charge on any atom is -0.396 e. The fourth-order valence-electron chi connectivity index (χ4n) is 0.669. The van der Waals surface area contributed by atoms with Crippen LogP contribution in [0.4, 0.5) is 0 Å². The van der Waals surface area contributed by atoms with Crippen LogP contribution in [0.1, 0.15) is 25.7 Å². The predicted molar refractivity (Wildman–Crippen MR) is 36.9 cm³/mol. The highest BCUT2D eigenvalue weighted by atomic mass is 16.5. The highest BCUT2D eigenvalue weighted by Gasteiger charge is 1.86. The molecule has 0 aromatic carbocycles. The number of aliphatic hydroxyl groups excluding tert-OH is 1. The molecule has 2 nitrogen and oxygen atoms in total. The van der Waals surface area contributed by atoms with Gasteiger partial charge in [-0.25, -0.2) is 0 Å². The molecule has 0 aliphatic rings. The number of aliphatic hydroxyl groups is 1. The SMILES string of the molecule is [CH2]OCCCCCCO. The van der Waals surface area contributed by atoms with E-state index >= 15 is 0 Å². The van der Waals surface area contributed by atoms with E-state index in [0.717, 1.165) is 32.3 Å². The van der Waals surface area contributed by atoms with Crippen molar-refractivity contribution in [3.8, 4) is 0 Å². The molecule has 0 aliphatic carbocycles. The van der Waals surface area contributed by atoms with Crippen LogP contribution in [-0.2, 0) is 4.74 Å². The second kappa shape index (κ2) is 7.92. The summed E-state index contributed by atoms with van der Waals surface area (Å²) in [6, 6.07) is 0. The summed E-state index contributed by atoms with van der Waals surface area (Å²) < 4.78 is 4.61. The quantitative estimate of drug-likeness (QED) is 0.551. The van der Waals surface area contributed by atoms with Crippen LogP contribution in [0.3, 0.4) is 0 Å². The Morgan fingerprint density at radius 2 is 1.78 bits per heavy atom. The van der Waals surface area contributed by atoms with Crippen molar-refractivity contribution in [2.45, 2.75) is 25.7 Å². The van der Waals surface area contributed by atoms with Gasteiger partial charge in [0.25, 0.3) is 0 Å². The Balaban J connectivity index is 2.60. The van der Waals surface area contributed by atoms with Crippen molar-refractivity contribution >= 4 is 0 Å². The lowest BCUT2D eigenvalue weighted by atomic mass is 10.2. The molecular weight excluding hydrogens is 116 g/mol. The van der Waals surface area contributed by atoms with Crippen LogP contribution >= 0.6 is 0 Å². The standard InChI is InChI=1S/C7H15O2/c1-9-7-5-3-2-4-6-8/h8H,1-7H2. The maximum Gasteiger partial charge on any atom is 0.0700 e. The summed E-state index contributed by atoms with van der Waals surface area (Å²) >= 11 is 0.